The summed E-state index contributed by atoms with van der Waals surface area (Å²) in [7, 11) is 2.04. The Hall–Kier alpha value is -0.830. The van der Waals surface area contributed by atoms with Crippen molar-refractivity contribution in [2.75, 3.05) is 11.9 Å². The molecule has 0 bridgehead atoms. The molecular weight excluding hydrogens is 278 g/mol. The SMILES string of the molecule is CC(C)CC(C)N(C)c1cc(Br)ccc1C=O. The molecule has 17 heavy (non-hydrogen) atoms. The lowest BCUT2D eigenvalue weighted by molar-refractivity contribution is 0.112. The molecule has 0 aromatic heterocycles. The lowest BCUT2D eigenvalue weighted by Gasteiger charge is -2.29. The van der Waals surface area contributed by atoms with Crippen LogP contribution in [0.4, 0.5) is 5.69 Å². The summed E-state index contributed by atoms with van der Waals surface area (Å²) < 4.78 is 1.00. The number of hydrogen-bond donors (Lipinski definition) is 0. The van der Waals surface area contributed by atoms with E-state index in [0.29, 0.717) is 12.0 Å². The number of aldehydes is 1. The van der Waals surface area contributed by atoms with Gasteiger partial charge < -0.3 is 4.90 Å². The summed E-state index contributed by atoms with van der Waals surface area (Å²) in [5.41, 5.74) is 1.73. The maximum atomic E-state index is 11.0. The molecule has 0 radical (unpaired) electrons. The predicted molar refractivity (Wildman–Crippen MR) is 76.8 cm³/mol. The molecule has 1 unspecified atom stereocenters. The van der Waals surface area contributed by atoms with E-state index in [2.05, 4.69) is 41.6 Å². The zero-order valence-electron chi connectivity index (χ0n) is 10.9. The number of anilines is 1. The van der Waals surface area contributed by atoms with Crippen LogP contribution in [-0.4, -0.2) is 19.4 Å². The molecule has 0 saturated carbocycles. The molecule has 0 fully saturated rings. The standard InChI is InChI=1S/C14H20BrNO/c1-10(2)7-11(3)16(4)14-8-13(15)6-5-12(14)9-17/h5-6,8-11H,7H2,1-4H3. The zero-order chi connectivity index (χ0) is 13.0. The minimum Gasteiger partial charge on any atom is -0.371 e. The van der Waals surface area contributed by atoms with Gasteiger partial charge in [0.05, 0.1) is 0 Å². The third-order valence-electron chi connectivity index (χ3n) is 2.97. The predicted octanol–water partition coefficient (Wildman–Crippen LogP) is 4.13. The van der Waals surface area contributed by atoms with Crippen LogP contribution in [0.3, 0.4) is 0 Å². The van der Waals surface area contributed by atoms with Gasteiger partial charge in [0, 0.05) is 28.8 Å². The van der Waals surface area contributed by atoms with Crippen molar-refractivity contribution in [3.63, 3.8) is 0 Å². The first-order valence-corrected chi connectivity index (χ1v) is 6.72. The van der Waals surface area contributed by atoms with Crippen molar-refractivity contribution in [3.8, 4) is 0 Å². The lowest BCUT2D eigenvalue weighted by atomic mass is 10.0. The summed E-state index contributed by atoms with van der Waals surface area (Å²) in [6.45, 7) is 6.62. The Morgan fingerprint density at radius 2 is 2.00 bits per heavy atom. The molecular formula is C14H20BrNO. The van der Waals surface area contributed by atoms with Gasteiger partial charge in [0.2, 0.25) is 0 Å². The normalized spacial score (nSPS) is 12.6. The maximum Gasteiger partial charge on any atom is 0.152 e. The minimum atomic E-state index is 0.419. The number of nitrogens with zero attached hydrogens (tertiary/aromatic N) is 1. The first kappa shape index (κ1) is 14.2. The highest BCUT2D eigenvalue weighted by atomic mass is 79.9. The van der Waals surface area contributed by atoms with Gasteiger partial charge in [-0.05, 0) is 37.5 Å². The molecule has 0 aliphatic rings. The highest BCUT2D eigenvalue weighted by Gasteiger charge is 2.14. The summed E-state index contributed by atoms with van der Waals surface area (Å²) >= 11 is 3.45. The Bertz CT molecular complexity index is 390. The highest BCUT2D eigenvalue weighted by molar-refractivity contribution is 9.10. The van der Waals surface area contributed by atoms with Crippen LogP contribution in [0.2, 0.25) is 0 Å². The Morgan fingerprint density at radius 1 is 1.35 bits per heavy atom. The maximum absolute atomic E-state index is 11.0. The Labute approximate surface area is 112 Å². The third-order valence-corrected chi connectivity index (χ3v) is 3.47. The van der Waals surface area contributed by atoms with Gasteiger partial charge >= 0.3 is 0 Å². The smallest absolute Gasteiger partial charge is 0.152 e. The van der Waals surface area contributed by atoms with Gasteiger partial charge in [-0.2, -0.15) is 0 Å². The Balaban J connectivity index is 2.97. The molecule has 0 aliphatic heterocycles. The average molecular weight is 298 g/mol. The van der Waals surface area contributed by atoms with E-state index in [1.54, 1.807) is 0 Å². The molecule has 2 nitrogen and oxygen atoms in total. The topological polar surface area (TPSA) is 20.3 Å². The second kappa shape index (κ2) is 6.20. The van der Waals surface area contributed by atoms with Crippen LogP contribution in [0.15, 0.2) is 22.7 Å². The van der Waals surface area contributed by atoms with Crippen LogP contribution in [-0.2, 0) is 0 Å². The van der Waals surface area contributed by atoms with Gasteiger partial charge in [0.15, 0.2) is 6.29 Å². The van der Waals surface area contributed by atoms with Crippen molar-refractivity contribution < 1.29 is 4.79 Å². The van der Waals surface area contributed by atoms with Gasteiger partial charge in [-0.3, -0.25) is 4.79 Å². The molecule has 0 aliphatic carbocycles. The van der Waals surface area contributed by atoms with Crippen molar-refractivity contribution in [2.45, 2.75) is 33.2 Å². The van der Waals surface area contributed by atoms with Crippen LogP contribution in [0.5, 0.6) is 0 Å². The fraction of sp³-hybridized carbons (Fsp3) is 0.500. The Morgan fingerprint density at radius 3 is 2.53 bits per heavy atom. The molecule has 1 rings (SSSR count). The molecule has 0 amide bonds. The van der Waals surface area contributed by atoms with E-state index >= 15 is 0 Å². The summed E-state index contributed by atoms with van der Waals surface area (Å²) in [5.74, 6) is 0.652. The van der Waals surface area contributed by atoms with Crippen LogP contribution in [0, 0.1) is 5.92 Å². The van der Waals surface area contributed by atoms with Crippen molar-refractivity contribution in [1.82, 2.24) is 0 Å². The number of carbonyl (C=O) groups excluding carboxylic acids is 1. The van der Waals surface area contributed by atoms with Crippen molar-refractivity contribution in [1.29, 1.82) is 0 Å². The molecule has 0 heterocycles. The average Bonchev–Trinajstić information content (AvgIpc) is 2.27. The van der Waals surface area contributed by atoms with E-state index in [0.717, 1.165) is 28.4 Å². The van der Waals surface area contributed by atoms with Crippen LogP contribution < -0.4 is 4.90 Å². The molecule has 1 aromatic rings. The second-order valence-corrected chi connectivity index (χ2v) is 5.83. The molecule has 94 valence electrons. The van der Waals surface area contributed by atoms with E-state index in [1.165, 1.54) is 0 Å². The van der Waals surface area contributed by atoms with E-state index in [4.69, 9.17) is 0 Å². The van der Waals surface area contributed by atoms with Gasteiger partial charge in [0.1, 0.15) is 0 Å². The lowest BCUT2D eigenvalue weighted by Crippen LogP contribution is -2.30. The third kappa shape index (κ3) is 3.84. The molecule has 3 heteroatoms. The van der Waals surface area contributed by atoms with Crippen LogP contribution >= 0.6 is 15.9 Å². The first-order valence-electron chi connectivity index (χ1n) is 5.93. The fourth-order valence-corrected chi connectivity index (χ4v) is 2.35. The molecule has 0 N–H and O–H groups in total. The van der Waals surface area contributed by atoms with Crippen LogP contribution in [0.1, 0.15) is 37.6 Å². The van der Waals surface area contributed by atoms with Gasteiger partial charge in [-0.15, -0.1) is 0 Å². The van der Waals surface area contributed by atoms with E-state index in [-0.39, 0.29) is 0 Å². The number of carbonyl (C=O) groups is 1. The number of hydrogen-bond acceptors (Lipinski definition) is 2. The highest BCUT2D eigenvalue weighted by Crippen LogP contribution is 2.26. The molecule has 1 atom stereocenters. The number of rotatable bonds is 5. The summed E-state index contributed by atoms with van der Waals surface area (Å²) in [6.07, 6.45) is 2.03. The quantitative estimate of drug-likeness (QED) is 0.762. The molecule has 0 spiro atoms. The van der Waals surface area contributed by atoms with Gasteiger partial charge in [-0.1, -0.05) is 29.8 Å². The molecule has 1 aromatic carbocycles. The number of benzene rings is 1. The summed E-state index contributed by atoms with van der Waals surface area (Å²) in [6, 6.07) is 6.17. The second-order valence-electron chi connectivity index (χ2n) is 4.91. The zero-order valence-corrected chi connectivity index (χ0v) is 12.5. The van der Waals surface area contributed by atoms with E-state index in [1.807, 2.05) is 25.2 Å². The number of halogens is 1. The van der Waals surface area contributed by atoms with Crippen LogP contribution in [0.25, 0.3) is 0 Å². The van der Waals surface area contributed by atoms with E-state index in [9.17, 15) is 4.79 Å². The van der Waals surface area contributed by atoms with Crippen molar-refractivity contribution in [2.24, 2.45) is 5.92 Å². The fourth-order valence-electron chi connectivity index (χ4n) is 2.00. The van der Waals surface area contributed by atoms with Gasteiger partial charge in [0.25, 0.3) is 0 Å². The van der Waals surface area contributed by atoms with Gasteiger partial charge in [-0.25, -0.2) is 0 Å². The van der Waals surface area contributed by atoms with E-state index < -0.39 is 0 Å². The van der Waals surface area contributed by atoms with Crippen molar-refractivity contribution in [3.05, 3.63) is 28.2 Å². The summed E-state index contributed by atoms with van der Waals surface area (Å²) in [4.78, 5) is 13.2. The first-order chi connectivity index (χ1) is 7.95. The largest absolute Gasteiger partial charge is 0.371 e. The van der Waals surface area contributed by atoms with Crippen molar-refractivity contribution >= 4 is 27.9 Å². The molecule has 0 saturated heterocycles. The Kier molecular flexibility index (Phi) is 5.19. The minimum absolute atomic E-state index is 0.419. The monoisotopic (exact) mass is 297 g/mol. The summed E-state index contributed by atoms with van der Waals surface area (Å²) in [5, 5.41) is 0.